The average molecular weight is 321 g/mol. The van der Waals surface area contributed by atoms with Crippen molar-refractivity contribution in [2.75, 3.05) is 11.2 Å². The molecule has 0 aliphatic carbocycles. The summed E-state index contributed by atoms with van der Waals surface area (Å²) in [6.45, 7) is 0. The molecule has 1 heterocycles. The monoisotopic (exact) mass is 320 g/mol. The molecule has 0 spiro atoms. The maximum absolute atomic E-state index is 11.5. The molecular formula is C15H10Cl2N2O2. The Balaban J connectivity index is 2.07. The van der Waals surface area contributed by atoms with Crippen LogP contribution in [-0.2, 0) is 4.79 Å². The molecule has 1 aromatic heterocycles. The highest BCUT2D eigenvalue weighted by Gasteiger charge is 2.13. The van der Waals surface area contributed by atoms with Crippen molar-refractivity contribution in [3.05, 3.63) is 47.5 Å². The number of benzene rings is 2. The van der Waals surface area contributed by atoms with E-state index >= 15 is 0 Å². The third-order valence-corrected chi connectivity index (χ3v) is 3.38. The van der Waals surface area contributed by atoms with Gasteiger partial charge in [-0.05, 0) is 30.3 Å². The van der Waals surface area contributed by atoms with Gasteiger partial charge in [-0.2, -0.15) is 0 Å². The van der Waals surface area contributed by atoms with Crippen molar-refractivity contribution in [3.8, 4) is 11.5 Å². The van der Waals surface area contributed by atoms with E-state index < -0.39 is 0 Å². The van der Waals surface area contributed by atoms with Crippen molar-refractivity contribution < 1.29 is 9.21 Å². The molecule has 0 fully saturated rings. The first kappa shape index (κ1) is 13.9. The smallest absolute Gasteiger partial charge is 0.239 e. The van der Waals surface area contributed by atoms with Crippen molar-refractivity contribution in [1.82, 2.24) is 4.98 Å². The predicted octanol–water partition coefficient (Wildman–Crippen LogP) is 4.33. The van der Waals surface area contributed by atoms with Gasteiger partial charge >= 0.3 is 0 Å². The largest absolute Gasteiger partial charge is 0.436 e. The van der Waals surface area contributed by atoms with E-state index in [1.807, 2.05) is 18.2 Å². The standard InChI is InChI=1S/C15H10Cl2N2O2/c16-8-14(20)18-11-4-2-1-3-10(11)15-19-12-7-9(17)5-6-13(12)21-15/h1-7H,8H2,(H,18,20). The van der Waals surface area contributed by atoms with Crippen molar-refractivity contribution in [2.24, 2.45) is 0 Å². The van der Waals surface area contributed by atoms with E-state index in [9.17, 15) is 4.79 Å². The highest BCUT2D eigenvalue weighted by Crippen LogP contribution is 2.30. The van der Waals surface area contributed by atoms with E-state index in [2.05, 4.69) is 10.3 Å². The maximum Gasteiger partial charge on any atom is 0.239 e. The predicted molar refractivity (Wildman–Crippen MR) is 83.8 cm³/mol. The minimum absolute atomic E-state index is 0.114. The lowest BCUT2D eigenvalue weighted by Crippen LogP contribution is -2.13. The third-order valence-electron chi connectivity index (χ3n) is 2.90. The quantitative estimate of drug-likeness (QED) is 0.731. The van der Waals surface area contributed by atoms with Crippen LogP contribution in [0.15, 0.2) is 46.9 Å². The van der Waals surface area contributed by atoms with Crippen LogP contribution in [0.1, 0.15) is 0 Å². The van der Waals surface area contributed by atoms with Gasteiger partial charge in [0.2, 0.25) is 11.8 Å². The highest BCUT2D eigenvalue weighted by molar-refractivity contribution is 6.31. The molecule has 1 amide bonds. The fourth-order valence-corrected chi connectivity index (χ4v) is 2.21. The number of carbonyl (C=O) groups excluding carboxylic acids is 1. The van der Waals surface area contributed by atoms with Crippen LogP contribution in [-0.4, -0.2) is 16.8 Å². The van der Waals surface area contributed by atoms with Gasteiger partial charge in [-0.1, -0.05) is 23.7 Å². The number of anilines is 1. The van der Waals surface area contributed by atoms with E-state index in [1.54, 1.807) is 24.3 Å². The summed E-state index contributed by atoms with van der Waals surface area (Å²) in [5.41, 5.74) is 2.58. The second-order valence-corrected chi connectivity index (χ2v) is 5.06. The first-order chi connectivity index (χ1) is 10.2. The number of nitrogens with one attached hydrogen (secondary N) is 1. The number of nitrogens with zero attached hydrogens (tertiary/aromatic N) is 1. The number of oxazole rings is 1. The SMILES string of the molecule is O=C(CCl)Nc1ccccc1-c1nc2cc(Cl)ccc2o1. The van der Waals surface area contributed by atoms with Crippen LogP contribution in [0.25, 0.3) is 22.6 Å². The van der Waals surface area contributed by atoms with Gasteiger partial charge in [0.15, 0.2) is 5.58 Å². The molecule has 3 rings (SSSR count). The molecule has 106 valence electrons. The summed E-state index contributed by atoms with van der Waals surface area (Å²) >= 11 is 11.5. The summed E-state index contributed by atoms with van der Waals surface area (Å²) in [4.78, 5) is 15.9. The fourth-order valence-electron chi connectivity index (χ4n) is 1.98. The van der Waals surface area contributed by atoms with Gasteiger partial charge in [-0.3, -0.25) is 4.79 Å². The number of carbonyl (C=O) groups is 1. The van der Waals surface area contributed by atoms with E-state index in [0.29, 0.717) is 33.3 Å². The molecule has 0 aliphatic rings. The van der Waals surface area contributed by atoms with Crippen molar-refractivity contribution in [3.63, 3.8) is 0 Å². The van der Waals surface area contributed by atoms with Crippen LogP contribution >= 0.6 is 23.2 Å². The average Bonchev–Trinajstić information content (AvgIpc) is 2.90. The molecule has 2 aromatic carbocycles. The number of para-hydroxylation sites is 1. The zero-order chi connectivity index (χ0) is 14.8. The van der Waals surface area contributed by atoms with Crippen LogP contribution < -0.4 is 5.32 Å². The Morgan fingerprint density at radius 1 is 1.24 bits per heavy atom. The van der Waals surface area contributed by atoms with Gasteiger partial charge in [0, 0.05) is 5.02 Å². The Hall–Kier alpha value is -2.04. The van der Waals surface area contributed by atoms with Gasteiger partial charge in [-0.15, -0.1) is 11.6 Å². The summed E-state index contributed by atoms with van der Waals surface area (Å²) in [7, 11) is 0. The molecule has 0 atom stereocenters. The van der Waals surface area contributed by atoms with Crippen LogP contribution in [0.3, 0.4) is 0 Å². The molecule has 21 heavy (non-hydrogen) atoms. The number of alkyl halides is 1. The summed E-state index contributed by atoms with van der Waals surface area (Å²) in [5, 5.41) is 3.31. The van der Waals surface area contributed by atoms with Crippen molar-refractivity contribution >= 4 is 45.9 Å². The number of rotatable bonds is 3. The topological polar surface area (TPSA) is 55.1 Å². The fraction of sp³-hybridized carbons (Fsp3) is 0.0667. The second-order valence-electron chi connectivity index (χ2n) is 4.36. The first-order valence-electron chi connectivity index (χ1n) is 6.18. The Morgan fingerprint density at radius 3 is 2.86 bits per heavy atom. The lowest BCUT2D eigenvalue weighted by atomic mass is 10.2. The molecule has 0 bridgehead atoms. The highest BCUT2D eigenvalue weighted by atomic mass is 35.5. The minimum Gasteiger partial charge on any atom is -0.436 e. The lowest BCUT2D eigenvalue weighted by molar-refractivity contribution is -0.113. The molecule has 0 radical (unpaired) electrons. The third kappa shape index (κ3) is 2.86. The van der Waals surface area contributed by atoms with Crippen molar-refractivity contribution in [1.29, 1.82) is 0 Å². The van der Waals surface area contributed by atoms with E-state index in [0.717, 1.165) is 0 Å². The molecular weight excluding hydrogens is 311 g/mol. The molecule has 6 heteroatoms. The molecule has 0 saturated carbocycles. The first-order valence-corrected chi connectivity index (χ1v) is 7.10. The Labute approximate surface area is 130 Å². The van der Waals surface area contributed by atoms with Gasteiger partial charge in [0.05, 0.1) is 11.3 Å². The molecule has 0 saturated heterocycles. The molecule has 0 unspecified atom stereocenters. The molecule has 4 nitrogen and oxygen atoms in total. The molecule has 3 aromatic rings. The minimum atomic E-state index is -0.289. The van der Waals surface area contributed by atoms with E-state index in [1.165, 1.54) is 0 Å². The number of aromatic nitrogens is 1. The van der Waals surface area contributed by atoms with Gasteiger partial charge in [-0.25, -0.2) is 4.98 Å². The normalized spacial score (nSPS) is 10.8. The number of fused-ring (bicyclic) bond motifs is 1. The number of hydrogen-bond donors (Lipinski definition) is 1. The summed E-state index contributed by atoms with van der Waals surface area (Å²) in [6.07, 6.45) is 0. The summed E-state index contributed by atoms with van der Waals surface area (Å²) < 4.78 is 5.71. The second kappa shape index (κ2) is 5.76. The van der Waals surface area contributed by atoms with Crippen LogP contribution in [0, 0.1) is 0 Å². The van der Waals surface area contributed by atoms with Crippen LogP contribution in [0.5, 0.6) is 0 Å². The lowest BCUT2D eigenvalue weighted by Gasteiger charge is -2.06. The number of hydrogen-bond acceptors (Lipinski definition) is 3. The van der Waals surface area contributed by atoms with Crippen molar-refractivity contribution in [2.45, 2.75) is 0 Å². The molecule has 0 aliphatic heterocycles. The maximum atomic E-state index is 11.5. The Kier molecular flexibility index (Phi) is 3.82. The van der Waals surface area contributed by atoms with E-state index in [-0.39, 0.29) is 11.8 Å². The number of amides is 1. The zero-order valence-electron chi connectivity index (χ0n) is 10.8. The zero-order valence-corrected chi connectivity index (χ0v) is 12.3. The van der Waals surface area contributed by atoms with Crippen LogP contribution in [0.4, 0.5) is 5.69 Å². The Morgan fingerprint density at radius 2 is 2.05 bits per heavy atom. The van der Waals surface area contributed by atoms with Gasteiger partial charge in [0.25, 0.3) is 0 Å². The van der Waals surface area contributed by atoms with Gasteiger partial charge < -0.3 is 9.73 Å². The van der Waals surface area contributed by atoms with Gasteiger partial charge in [0.1, 0.15) is 11.4 Å². The van der Waals surface area contributed by atoms with E-state index in [4.69, 9.17) is 27.6 Å². The summed E-state index contributed by atoms with van der Waals surface area (Å²) in [5.74, 6) is 0.0123. The number of halogens is 2. The van der Waals surface area contributed by atoms with Crippen LogP contribution in [0.2, 0.25) is 5.02 Å². The Bertz CT molecular complexity index is 814. The molecule has 1 N–H and O–H groups in total. The summed E-state index contributed by atoms with van der Waals surface area (Å²) in [6, 6.07) is 12.5.